The Morgan fingerprint density at radius 1 is 1.14 bits per heavy atom. The Bertz CT molecular complexity index is 980. The number of hydrogen-bond acceptors (Lipinski definition) is 2. The molecule has 0 radical (unpaired) electrons. The molecule has 1 unspecified atom stereocenters. The van der Waals surface area contributed by atoms with Crippen molar-refractivity contribution in [2.45, 2.75) is 25.8 Å². The Balaban J connectivity index is 0.00000240. The number of carbonyl (C=O) groups excluding carboxylic acids is 1. The maximum atomic E-state index is 12.0. The summed E-state index contributed by atoms with van der Waals surface area (Å²) < 4.78 is 0. The van der Waals surface area contributed by atoms with Gasteiger partial charge in [0.25, 0.3) is 0 Å². The Morgan fingerprint density at radius 3 is 2.76 bits per heavy atom. The summed E-state index contributed by atoms with van der Waals surface area (Å²) in [5, 5.41) is 10.8. The number of nitrogens with zero attached hydrogens (tertiary/aromatic N) is 1. The number of H-pyrrole nitrogens is 1. The van der Waals surface area contributed by atoms with Crippen LogP contribution < -0.4 is 16.0 Å². The van der Waals surface area contributed by atoms with E-state index in [1.54, 1.807) is 0 Å². The zero-order chi connectivity index (χ0) is 19.3. The lowest BCUT2D eigenvalue weighted by Crippen LogP contribution is -2.40. The first-order chi connectivity index (χ1) is 13.7. The largest absolute Gasteiger partial charge is 0.357 e. The Hall–Kier alpha value is -2.55. The number of halogens is 1. The van der Waals surface area contributed by atoms with Crippen LogP contribution in [0.5, 0.6) is 0 Å². The lowest BCUT2D eigenvalue weighted by atomic mass is 9.90. The van der Waals surface area contributed by atoms with Gasteiger partial charge in [-0.15, -0.1) is 24.0 Å². The quantitative estimate of drug-likeness (QED) is 0.242. The summed E-state index contributed by atoms with van der Waals surface area (Å²) in [6.45, 7) is 4.04. The van der Waals surface area contributed by atoms with E-state index in [2.05, 4.69) is 45.2 Å². The molecule has 0 spiro atoms. The molecule has 1 atom stereocenters. The van der Waals surface area contributed by atoms with Gasteiger partial charge in [0.1, 0.15) is 0 Å². The minimum Gasteiger partial charge on any atom is -0.357 e. The maximum Gasteiger partial charge on any atom is 0.225 e. The number of para-hydroxylation sites is 2. The van der Waals surface area contributed by atoms with Crippen molar-refractivity contribution in [1.82, 2.24) is 15.6 Å². The second-order valence-corrected chi connectivity index (χ2v) is 6.99. The highest BCUT2D eigenvalue weighted by atomic mass is 127. The maximum absolute atomic E-state index is 12.0. The molecule has 2 aromatic carbocycles. The molecule has 0 saturated heterocycles. The van der Waals surface area contributed by atoms with Crippen LogP contribution in [0.25, 0.3) is 10.9 Å². The minimum atomic E-state index is 0. The van der Waals surface area contributed by atoms with E-state index >= 15 is 0 Å². The van der Waals surface area contributed by atoms with E-state index in [9.17, 15) is 4.79 Å². The van der Waals surface area contributed by atoms with Crippen LogP contribution >= 0.6 is 24.0 Å². The number of anilines is 1. The number of benzene rings is 2. The average Bonchev–Trinajstić information content (AvgIpc) is 3.12. The van der Waals surface area contributed by atoms with E-state index in [1.165, 1.54) is 10.9 Å². The molecule has 3 aromatic rings. The van der Waals surface area contributed by atoms with Crippen LogP contribution in [-0.4, -0.2) is 29.9 Å². The van der Waals surface area contributed by atoms with E-state index in [1.807, 2.05) is 37.3 Å². The standard InChI is InChI=1S/C22H25N5O.HI/c1-2-23-22(25-14-17-11-15-7-3-5-9-19(15)26-17)24-13-16-12-21(28)27-20-10-6-4-8-18(16)20;/h3-11,16,26H,2,12-14H2,1H3,(H,27,28)(H2,23,24,25);1H. The molecule has 1 aliphatic rings. The highest BCUT2D eigenvalue weighted by molar-refractivity contribution is 14.0. The van der Waals surface area contributed by atoms with Gasteiger partial charge in [0.2, 0.25) is 5.91 Å². The summed E-state index contributed by atoms with van der Waals surface area (Å²) in [6, 6.07) is 18.3. The molecule has 1 aromatic heterocycles. The number of aromatic nitrogens is 1. The van der Waals surface area contributed by atoms with E-state index in [0.717, 1.165) is 29.4 Å². The number of hydrogen-bond donors (Lipinski definition) is 4. The number of guanidine groups is 1. The normalized spacial score (nSPS) is 16.0. The molecule has 7 heteroatoms. The van der Waals surface area contributed by atoms with Gasteiger partial charge in [0, 0.05) is 42.3 Å². The van der Waals surface area contributed by atoms with Crippen LogP contribution in [-0.2, 0) is 11.3 Å². The summed E-state index contributed by atoms with van der Waals surface area (Å²) in [5.41, 5.74) is 4.27. The molecule has 29 heavy (non-hydrogen) atoms. The third-order valence-electron chi connectivity index (χ3n) is 4.96. The fourth-order valence-electron chi connectivity index (χ4n) is 3.63. The average molecular weight is 503 g/mol. The Labute approximate surface area is 187 Å². The highest BCUT2D eigenvalue weighted by Gasteiger charge is 2.24. The van der Waals surface area contributed by atoms with Gasteiger partial charge >= 0.3 is 0 Å². The zero-order valence-electron chi connectivity index (χ0n) is 16.4. The van der Waals surface area contributed by atoms with Crippen molar-refractivity contribution >= 4 is 52.4 Å². The molecular weight excluding hydrogens is 477 g/mol. The van der Waals surface area contributed by atoms with Crippen LogP contribution in [0, 0.1) is 0 Å². The highest BCUT2D eigenvalue weighted by Crippen LogP contribution is 2.31. The first-order valence-electron chi connectivity index (χ1n) is 9.70. The first-order valence-corrected chi connectivity index (χ1v) is 9.70. The molecule has 4 N–H and O–H groups in total. The molecule has 4 rings (SSSR count). The zero-order valence-corrected chi connectivity index (χ0v) is 18.7. The molecule has 0 bridgehead atoms. The molecule has 1 aliphatic heterocycles. The number of nitrogens with one attached hydrogen (secondary N) is 4. The molecule has 0 aliphatic carbocycles. The van der Waals surface area contributed by atoms with Gasteiger partial charge in [-0.2, -0.15) is 0 Å². The molecular formula is C22H26IN5O. The summed E-state index contributed by atoms with van der Waals surface area (Å²) in [7, 11) is 0. The Kier molecular flexibility index (Phi) is 7.13. The number of amides is 1. The fraction of sp³-hybridized carbons (Fsp3) is 0.273. The third kappa shape index (κ3) is 5.09. The van der Waals surface area contributed by atoms with Crippen molar-refractivity contribution in [3.8, 4) is 0 Å². The Morgan fingerprint density at radius 2 is 1.93 bits per heavy atom. The predicted molar refractivity (Wildman–Crippen MR) is 129 cm³/mol. The molecule has 0 fully saturated rings. The van der Waals surface area contributed by atoms with Crippen LogP contribution in [0.2, 0.25) is 0 Å². The third-order valence-corrected chi connectivity index (χ3v) is 4.96. The SMILES string of the molecule is CCNC(=NCc1cc2ccccc2[nH]1)NCC1CC(=O)Nc2ccccc21.I. The van der Waals surface area contributed by atoms with Gasteiger partial charge in [-0.3, -0.25) is 4.79 Å². The van der Waals surface area contributed by atoms with Crippen molar-refractivity contribution in [3.63, 3.8) is 0 Å². The molecule has 6 nitrogen and oxygen atoms in total. The van der Waals surface area contributed by atoms with Crippen LogP contribution in [0.15, 0.2) is 59.6 Å². The topological polar surface area (TPSA) is 81.3 Å². The predicted octanol–water partition coefficient (Wildman–Crippen LogP) is 3.97. The number of aromatic amines is 1. The van der Waals surface area contributed by atoms with Crippen molar-refractivity contribution in [2.24, 2.45) is 4.99 Å². The number of fused-ring (bicyclic) bond motifs is 2. The van der Waals surface area contributed by atoms with Gasteiger partial charge < -0.3 is 20.9 Å². The second-order valence-electron chi connectivity index (χ2n) is 6.99. The van der Waals surface area contributed by atoms with E-state index in [4.69, 9.17) is 4.99 Å². The van der Waals surface area contributed by atoms with Gasteiger partial charge in [-0.25, -0.2) is 4.99 Å². The van der Waals surface area contributed by atoms with E-state index in [-0.39, 0.29) is 35.8 Å². The molecule has 1 amide bonds. The summed E-state index contributed by atoms with van der Waals surface area (Å²) in [6.07, 6.45) is 0.478. The number of aliphatic imine (C=N–C) groups is 1. The van der Waals surface area contributed by atoms with Crippen molar-refractivity contribution in [3.05, 3.63) is 65.9 Å². The monoisotopic (exact) mass is 503 g/mol. The van der Waals surface area contributed by atoms with Crippen LogP contribution in [0.4, 0.5) is 5.69 Å². The molecule has 0 saturated carbocycles. The van der Waals surface area contributed by atoms with Crippen molar-refractivity contribution in [2.75, 3.05) is 18.4 Å². The van der Waals surface area contributed by atoms with Gasteiger partial charge in [-0.1, -0.05) is 36.4 Å². The fourth-order valence-corrected chi connectivity index (χ4v) is 3.63. The summed E-state index contributed by atoms with van der Waals surface area (Å²) in [5.74, 6) is 0.942. The lowest BCUT2D eigenvalue weighted by molar-refractivity contribution is -0.116. The van der Waals surface area contributed by atoms with Gasteiger partial charge in [0.15, 0.2) is 5.96 Å². The summed E-state index contributed by atoms with van der Waals surface area (Å²) in [4.78, 5) is 20.1. The first kappa shape index (κ1) is 21.2. The van der Waals surface area contributed by atoms with E-state index < -0.39 is 0 Å². The number of rotatable bonds is 5. The van der Waals surface area contributed by atoms with E-state index in [0.29, 0.717) is 19.5 Å². The van der Waals surface area contributed by atoms with Crippen LogP contribution in [0.1, 0.15) is 30.5 Å². The lowest BCUT2D eigenvalue weighted by Gasteiger charge is -2.26. The summed E-state index contributed by atoms with van der Waals surface area (Å²) >= 11 is 0. The van der Waals surface area contributed by atoms with Crippen molar-refractivity contribution < 1.29 is 4.79 Å². The van der Waals surface area contributed by atoms with Gasteiger partial charge in [0.05, 0.1) is 6.54 Å². The molecule has 152 valence electrons. The smallest absolute Gasteiger partial charge is 0.225 e. The number of carbonyl (C=O) groups is 1. The van der Waals surface area contributed by atoms with Crippen molar-refractivity contribution in [1.29, 1.82) is 0 Å². The minimum absolute atomic E-state index is 0. The van der Waals surface area contributed by atoms with Gasteiger partial charge in [-0.05, 0) is 36.1 Å². The van der Waals surface area contributed by atoms with Crippen LogP contribution in [0.3, 0.4) is 0 Å². The second kappa shape index (κ2) is 9.78. The molecule has 2 heterocycles.